The van der Waals surface area contributed by atoms with Gasteiger partial charge in [0.2, 0.25) is 0 Å². The number of nitriles is 1. The van der Waals surface area contributed by atoms with Gasteiger partial charge >= 0.3 is 6.92 Å². The first-order chi connectivity index (χ1) is 12.0. The lowest BCUT2D eigenvalue weighted by Gasteiger charge is -2.14. The van der Waals surface area contributed by atoms with Crippen LogP contribution in [0.15, 0.2) is 30.3 Å². The monoisotopic (exact) mass is 332 g/mol. The molecule has 3 rings (SSSR count). The zero-order chi connectivity index (χ0) is 18.1. The van der Waals surface area contributed by atoms with Crippen molar-refractivity contribution in [2.24, 2.45) is 0 Å². The summed E-state index contributed by atoms with van der Waals surface area (Å²) in [6.45, 7) is 2.74. The van der Waals surface area contributed by atoms with E-state index in [2.05, 4.69) is 16.3 Å². The average Bonchev–Trinajstić information content (AvgIpc) is 2.63. The van der Waals surface area contributed by atoms with E-state index in [-0.39, 0.29) is 0 Å². The average molecular weight is 332 g/mol. The number of hydrogen-bond donors (Lipinski definition) is 2. The summed E-state index contributed by atoms with van der Waals surface area (Å²) >= 11 is 0. The Kier molecular flexibility index (Phi) is 4.30. The number of aryl methyl sites for hydroxylation is 1. The second-order valence-electron chi connectivity index (χ2n) is 5.86. The third kappa shape index (κ3) is 2.88. The molecule has 1 aromatic heterocycles. The molecule has 0 saturated heterocycles. The summed E-state index contributed by atoms with van der Waals surface area (Å²) in [4.78, 5) is 0. The molecule has 6 nitrogen and oxygen atoms in total. The minimum atomic E-state index is -0.761. The summed E-state index contributed by atoms with van der Waals surface area (Å²) in [6, 6.07) is 11.3. The Balaban J connectivity index is 2.29. The van der Waals surface area contributed by atoms with Crippen LogP contribution in [0.4, 0.5) is 5.82 Å². The normalized spacial score (nSPS) is 10.5. The lowest BCUT2D eigenvalue weighted by atomic mass is 9.62. The van der Waals surface area contributed by atoms with Crippen molar-refractivity contribution in [1.82, 2.24) is 10.2 Å². The van der Waals surface area contributed by atoms with Gasteiger partial charge in [-0.05, 0) is 36.1 Å². The summed E-state index contributed by atoms with van der Waals surface area (Å²) in [5.74, 6) is 0.941. The van der Waals surface area contributed by atoms with Gasteiger partial charge in [-0.2, -0.15) is 10.4 Å². The Labute approximate surface area is 146 Å². The highest BCUT2D eigenvalue weighted by atomic mass is 16.5. The first-order valence-corrected chi connectivity index (χ1v) is 7.79. The van der Waals surface area contributed by atoms with Gasteiger partial charge in [0, 0.05) is 16.3 Å². The summed E-state index contributed by atoms with van der Waals surface area (Å²) in [5.41, 5.74) is 9.29. The Morgan fingerprint density at radius 3 is 2.60 bits per heavy atom. The fourth-order valence-corrected chi connectivity index (χ4v) is 2.90. The molecule has 0 aliphatic heterocycles. The highest BCUT2D eigenvalue weighted by Crippen LogP contribution is 2.33. The van der Waals surface area contributed by atoms with Crippen LogP contribution in [0.2, 0.25) is 6.82 Å². The molecule has 0 radical (unpaired) electrons. The maximum Gasteiger partial charge on any atom is 0.321 e. The van der Waals surface area contributed by atoms with E-state index in [9.17, 15) is 10.3 Å². The maximum absolute atomic E-state index is 10.00. The Bertz CT molecular complexity index is 1010. The summed E-state index contributed by atoms with van der Waals surface area (Å²) in [7, 11) is 1.55. The zero-order valence-corrected chi connectivity index (χ0v) is 14.2. The summed E-state index contributed by atoms with van der Waals surface area (Å²) < 4.78 is 5.46. The number of ether oxygens (including phenoxy) is 1. The van der Waals surface area contributed by atoms with Crippen LogP contribution in [0, 0.1) is 18.3 Å². The number of anilines is 1. The van der Waals surface area contributed by atoms with Crippen LogP contribution in [0.5, 0.6) is 5.75 Å². The van der Waals surface area contributed by atoms with Crippen molar-refractivity contribution in [3.05, 3.63) is 41.6 Å². The van der Waals surface area contributed by atoms with Crippen molar-refractivity contribution < 1.29 is 9.76 Å². The fraction of sp³-hybridized carbons (Fsp3) is 0.167. The minimum absolute atomic E-state index is 0.378. The molecular weight excluding hydrogens is 315 g/mol. The number of aromatic nitrogens is 2. The molecule has 25 heavy (non-hydrogen) atoms. The van der Waals surface area contributed by atoms with Crippen LogP contribution in [0.25, 0.3) is 21.9 Å². The number of benzene rings is 2. The van der Waals surface area contributed by atoms with Crippen molar-refractivity contribution >= 4 is 29.0 Å². The highest BCUT2D eigenvalue weighted by molar-refractivity contribution is 6.65. The van der Waals surface area contributed by atoms with Crippen LogP contribution in [0.1, 0.15) is 11.3 Å². The van der Waals surface area contributed by atoms with Crippen molar-refractivity contribution in [2.75, 3.05) is 12.8 Å². The first kappa shape index (κ1) is 16.7. The minimum Gasteiger partial charge on any atom is -0.496 e. The van der Waals surface area contributed by atoms with E-state index in [1.54, 1.807) is 26.1 Å². The molecule has 0 bridgehead atoms. The van der Waals surface area contributed by atoms with Crippen LogP contribution < -0.4 is 15.9 Å². The van der Waals surface area contributed by atoms with Gasteiger partial charge in [-0.25, -0.2) is 0 Å². The first-order valence-electron chi connectivity index (χ1n) is 7.79. The van der Waals surface area contributed by atoms with Gasteiger partial charge in [0.15, 0.2) is 5.82 Å². The third-order valence-electron chi connectivity index (χ3n) is 4.25. The molecule has 1 heterocycles. The van der Waals surface area contributed by atoms with Crippen molar-refractivity contribution in [1.29, 1.82) is 5.26 Å². The number of methoxy groups -OCH3 is 1. The number of fused-ring (bicyclic) bond motifs is 1. The quantitative estimate of drug-likeness (QED) is 0.710. The molecule has 0 saturated carbocycles. The van der Waals surface area contributed by atoms with Gasteiger partial charge in [-0.1, -0.05) is 19.0 Å². The molecule has 2 aromatic carbocycles. The van der Waals surface area contributed by atoms with Crippen LogP contribution in [-0.4, -0.2) is 29.2 Å². The van der Waals surface area contributed by atoms with Crippen molar-refractivity contribution in [3.63, 3.8) is 0 Å². The van der Waals surface area contributed by atoms with Gasteiger partial charge < -0.3 is 15.5 Å². The third-order valence-corrected chi connectivity index (χ3v) is 4.25. The van der Waals surface area contributed by atoms with E-state index in [0.717, 1.165) is 27.6 Å². The topological polar surface area (TPSA) is 105 Å². The molecule has 0 atom stereocenters. The molecular formula is C18H17BN4O2. The summed E-state index contributed by atoms with van der Waals surface area (Å²) in [6.07, 6.45) is 0. The van der Waals surface area contributed by atoms with Crippen molar-refractivity contribution in [2.45, 2.75) is 13.7 Å². The lowest BCUT2D eigenvalue weighted by Crippen LogP contribution is -2.29. The lowest BCUT2D eigenvalue weighted by molar-refractivity contribution is 0.416. The predicted octanol–water partition coefficient (Wildman–Crippen LogP) is 1.89. The van der Waals surface area contributed by atoms with Gasteiger partial charge in [0.25, 0.3) is 0 Å². The zero-order valence-electron chi connectivity index (χ0n) is 14.2. The molecule has 3 aromatic rings. The smallest absolute Gasteiger partial charge is 0.321 e. The molecule has 0 aliphatic rings. The van der Waals surface area contributed by atoms with Crippen LogP contribution >= 0.6 is 0 Å². The van der Waals surface area contributed by atoms with E-state index < -0.39 is 6.92 Å². The second kappa shape index (κ2) is 6.42. The number of rotatable bonds is 3. The molecule has 0 unspecified atom stereocenters. The van der Waals surface area contributed by atoms with E-state index in [1.165, 1.54) is 0 Å². The highest BCUT2D eigenvalue weighted by Gasteiger charge is 2.18. The van der Waals surface area contributed by atoms with Gasteiger partial charge in [-0.15, -0.1) is 5.10 Å². The molecule has 0 spiro atoms. The predicted molar refractivity (Wildman–Crippen MR) is 98.9 cm³/mol. The molecule has 0 aliphatic carbocycles. The van der Waals surface area contributed by atoms with Crippen molar-refractivity contribution in [3.8, 4) is 22.9 Å². The number of nitrogen functional groups attached to an aromatic ring is 1. The molecule has 0 amide bonds. The second-order valence-corrected chi connectivity index (χ2v) is 5.86. The fourth-order valence-electron chi connectivity index (χ4n) is 2.90. The SMILES string of the molecule is COc1cc(C#N)c(B(C)O)cc1-c1ccc2c(N)nnc(C)c2c1. The molecule has 124 valence electrons. The van der Waals surface area contributed by atoms with E-state index >= 15 is 0 Å². The number of hydrogen-bond acceptors (Lipinski definition) is 6. The number of nitrogens with two attached hydrogens (primary N) is 1. The van der Waals surface area contributed by atoms with Crippen LogP contribution in [0.3, 0.4) is 0 Å². The standard InChI is InChI=1S/C18H17BN4O2/c1-10-14-6-11(4-5-13(14)18(21)23-22-10)15-8-16(19(2)24)12(9-20)7-17(15)25-3/h4-8,24H,1-3H3,(H2,21,23). The Morgan fingerprint density at radius 1 is 1.20 bits per heavy atom. The van der Waals surface area contributed by atoms with Gasteiger partial charge in [0.05, 0.1) is 24.4 Å². The van der Waals surface area contributed by atoms with E-state index in [0.29, 0.717) is 22.6 Å². The Morgan fingerprint density at radius 2 is 1.96 bits per heavy atom. The number of nitrogens with zero attached hydrogens (tertiary/aromatic N) is 3. The van der Waals surface area contributed by atoms with Gasteiger partial charge in [0.1, 0.15) is 5.75 Å². The summed E-state index contributed by atoms with van der Waals surface area (Å²) in [5, 5.41) is 29.0. The van der Waals surface area contributed by atoms with Gasteiger partial charge in [-0.3, -0.25) is 0 Å². The maximum atomic E-state index is 10.00. The largest absolute Gasteiger partial charge is 0.496 e. The Hall–Kier alpha value is -3.11. The molecule has 0 fully saturated rings. The van der Waals surface area contributed by atoms with Crippen LogP contribution in [-0.2, 0) is 0 Å². The molecule has 3 N–H and O–H groups in total. The van der Waals surface area contributed by atoms with E-state index in [1.807, 2.05) is 25.1 Å². The molecule has 7 heteroatoms. The van der Waals surface area contributed by atoms with E-state index in [4.69, 9.17) is 10.5 Å².